The Morgan fingerprint density at radius 3 is 2.65 bits per heavy atom. The summed E-state index contributed by atoms with van der Waals surface area (Å²) < 4.78 is 26.2. The van der Waals surface area contributed by atoms with Gasteiger partial charge >= 0.3 is 0 Å². The number of nitrogens with zero attached hydrogens (tertiary/aromatic N) is 1. The summed E-state index contributed by atoms with van der Waals surface area (Å²) in [6.07, 6.45) is 0.820. The van der Waals surface area contributed by atoms with Crippen LogP contribution in [0.25, 0.3) is 0 Å². The van der Waals surface area contributed by atoms with E-state index < -0.39 is 10.0 Å². The van der Waals surface area contributed by atoms with Crippen LogP contribution < -0.4 is 5.32 Å². The van der Waals surface area contributed by atoms with Crippen molar-refractivity contribution in [2.75, 3.05) is 20.6 Å². The second-order valence-electron chi connectivity index (χ2n) is 4.03. The minimum absolute atomic E-state index is 0.479. The lowest BCUT2D eigenvalue weighted by Gasteiger charge is -2.17. The van der Waals surface area contributed by atoms with Crippen molar-refractivity contribution in [3.8, 4) is 0 Å². The lowest BCUT2D eigenvalue weighted by Crippen LogP contribution is -2.28. The molecule has 0 aliphatic rings. The number of aryl methyl sites for hydroxylation is 1. The molecular weight excluding hydrogens is 256 g/mol. The summed E-state index contributed by atoms with van der Waals surface area (Å²) in [5.74, 6) is 0. The average Bonchev–Trinajstić information content (AvgIpc) is 2.61. The van der Waals surface area contributed by atoms with Crippen LogP contribution in [-0.4, -0.2) is 33.4 Å². The molecule has 0 aliphatic heterocycles. The molecule has 0 aromatic carbocycles. The summed E-state index contributed by atoms with van der Waals surface area (Å²) in [7, 11) is 0.121. The quantitative estimate of drug-likeness (QED) is 0.862. The zero-order valence-corrected chi connectivity index (χ0v) is 12.4. The Hall–Kier alpha value is -0.430. The lowest BCUT2D eigenvalue weighted by atomic mass is 10.3. The van der Waals surface area contributed by atoms with E-state index in [1.807, 2.05) is 26.3 Å². The molecular formula is C11H20N2O2S2. The highest BCUT2D eigenvalue weighted by Crippen LogP contribution is 2.28. The second-order valence-corrected chi connectivity index (χ2v) is 6.97. The van der Waals surface area contributed by atoms with E-state index in [0.29, 0.717) is 18.0 Å². The van der Waals surface area contributed by atoms with Gasteiger partial charge in [-0.3, -0.25) is 0 Å². The van der Waals surface area contributed by atoms with Crippen molar-refractivity contribution in [3.63, 3.8) is 0 Å². The number of rotatable bonds is 6. The normalized spacial score (nSPS) is 12.3. The number of hydrogen-bond donors (Lipinski definition) is 1. The molecule has 4 nitrogen and oxygen atoms in total. The fourth-order valence-electron chi connectivity index (χ4n) is 1.71. The third-order valence-corrected chi connectivity index (χ3v) is 5.85. The van der Waals surface area contributed by atoms with Gasteiger partial charge in [-0.05, 0) is 31.3 Å². The smallest absolute Gasteiger partial charge is 0.244 e. The van der Waals surface area contributed by atoms with Gasteiger partial charge in [0, 0.05) is 25.0 Å². The third-order valence-electron chi connectivity index (χ3n) is 2.53. The van der Waals surface area contributed by atoms with E-state index in [2.05, 4.69) is 5.32 Å². The predicted octanol–water partition coefficient (Wildman–Crippen LogP) is 1.81. The number of hydrogen-bond acceptors (Lipinski definition) is 4. The minimum atomic E-state index is -3.34. The lowest BCUT2D eigenvalue weighted by molar-refractivity contribution is 0.467. The van der Waals surface area contributed by atoms with Gasteiger partial charge in [0.15, 0.2) is 0 Å². The summed E-state index contributed by atoms with van der Waals surface area (Å²) in [6, 6.07) is 0. The molecule has 0 saturated heterocycles. The summed E-state index contributed by atoms with van der Waals surface area (Å²) in [5, 5.41) is 4.91. The Morgan fingerprint density at radius 2 is 2.12 bits per heavy atom. The molecule has 0 saturated carbocycles. The summed E-state index contributed by atoms with van der Waals surface area (Å²) in [4.78, 5) is 1.36. The van der Waals surface area contributed by atoms with Gasteiger partial charge in [-0.1, -0.05) is 6.92 Å². The van der Waals surface area contributed by atoms with E-state index in [9.17, 15) is 8.42 Å². The topological polar surface area (TPSA) is 49.4 Å². The zero-order valence-electron chi connectivity index (χ0n) is 10.8. The molecule has 1 rings (SSSR count). The van der Waals surface area contributed by atoms with Crippen molar-refractivity contribution in [1.82, 2.24) is 9.62 Å². The molecule has 1 aromatic rings. The predicted molar refractivity (Wildman–Crippen MR) is 71.9 cm³/mol. The molecule has 0 radical (unpaired) electrons. The highest BCUT2D eigenvalue weighted by Gasteiger charge is 2.26. The molecule has 0 unspecified atom stereocenters. The fraction of sp³-hybridized carbons (Fsp3) is 0.636. The van der Waals surface area contributed by atoms with E-state index >= 15 is 0 Å². The Morgan fingerprint density at radius 1 is 1.47 bits per heavy atom. The molecule has 98 valence electrons. The van der Waals surface area contributed by atoms with Gasteiger partial charge in [-0.2, -0.15) is 0 Å². The number of nitrogens with one attached hydrogen (secondary N) is 1. The summed E-state index contributed by atoms with van der Waals surface area (Å²) >= 11 is 1.49. The highest BCUT2D eigenvalue weighted by atomic mass is 32.2. The van der Waals surface area contributed by atoms with Gasteiger partial charge in [0.05, 0.1) is 0 Å². The maximum Gasteiger partial charge on any atom is 0.244 e. The van der Waals surface area contributed by atoms with Crippen molar-refractivity contribution in [3.05, 3.63) is 15.8 Å². The van der Waals surface area contributed by atoms with Crippen LogP contribution in [0.3, 0.4) is 0 Å². The van der Waals surface area contributed by atoms with Crippen LogP contribution in [0.5, 0.6) is 0 Å². The second kappa shape index (κ2) is 5.95. The molecule has 0 bridgehead atoms. The van der Waals surface area contributed by atoms with Crippen molar-refractivity contribution < 1.29 is 8.42 Å². The van der Waals surface area contributed by atoms with E-state index in [1.165, 1.54) is 15.6 Å². The first-order valence-corrected chi connectivity index (χ1v) is 7.95. The van der Waals surface area contributed by atoms with Gasteiger partial charge in [0.25, 0.3) is 0 Å². The van der Waals surface area contributed by atoms with Crippen LogP contribution in [-0.2, 0) is 16.6 Å². The maximum absolute atomic E-state index is 12.4. The molecule has 0 amide bonds. The Labute approximate surface area is 108 Å². The third kappa shape index (κ3) is 3.07. The maximum atomic E-state index is 12.4. The van der Waals surface area contributed by atoms with Gasteiger partial charge < -0.3 is 5.32 Å². The van der Waals surface area contributed by atoms with E-state index in [4.69, 9.17) is 0 Å². The first-order valence-electron chi connectivity index (χ1n) is 5.63. The van der Waals surface area contributed by atoms with E-state index in [1.54, 1.807) is 7.05 Å². The Bertz CT molecular complexity index is 466. The molecule has 17 heavy (non-hydrogen) atoms. The van der Waals surface area contributed by atoms with Crippen molar-refractivity contribution in [2.24, 2.45) is 0 Å². The van der Waals surface area contributed by atoms with Crippen molar-refractivity contribution >= 4 is 21.4 Å². The number of thiophene rings is 1. The average molecular weight is 276 g/mol. The monoisotopic (exact) mass is 276 g/mol. The van der Waals surface area contributed by atoms with Gasteiger partial charge in [0.2, 0.25) is 10.0 Å². The molecule has 0 atom stereocenters. The van der Waals surface area contributed by atoms with E-state index in [0.717, 1.165) is 16.9 Å². The molecule has 1 aromatic heterocycles. The highest BCUT2D eigenvalue weighted by molar-refractivity contribution is 7.89. The van der Waals surface area contributed by atoms with Gasteiger partial charge in [0.1, 0.15) is 4.90 Å². The van der Waals surface area contributed by atoms with Crippen LogP contribution in [0.2, 0.25) is 0 Å². The number of sulfonamides is 1. The largest absolute Gasteiger partial charge is 0.315 e. The van der Waals surface area contributed by atoms with Crippen LogP contribution in [0.15, 0.2) is 10.3 Å². The molecule has 0 fully saturated rings. The van der Waals surface area contributed by atoms with Crippen LogP contribution in [0.4, 0.5) is 0 Å². The van der Waals surface area contributed by atoms with Crippen molar-refractivity contribution in [1.29, 1.82) is 0 Å². The SMILES string of the molecule is CCCN(C)S(=O)(=O)c1c(C)csc1CNC. The summed E-state index contributed by atoms with van der Waals surface area (Å²) in [6.45, 7) is 4.97. The Kier molecular flexibility index (Phi) is 5.12. The van der Waals surface area contributed by atoms with Crippen LogP contribution >= 0.6 is 11.3 Å². The molecule has 1 N–H and O–H groups in total. The van der Waals surface area contributed by atoms with Crippen molar-refractivity contribution in [2.45, 2.75) is 31.7 Å². The molecule has 1 heterocycles. The fourth-order valence-corrected chi connectivity index (χ4v) is 4.73. The standard InChI is InChI=1S/C11H20N2O2S2/c1-5-6-13(4)17(14,15)11-9(2)8-16-10(11)7-12-3/h8,12H,5-7H2,1-4H3. The first-order chi connectivity index (χ1) is 7.95. The van der Waals surface area contributed by atoms with Crippen LogP contribution in [0, 0.1) is 6.92 Å². The minimum Gasteiger partial charge on any atom is -0.315 e. The van der Waals surface area contributed by atoms with Gasteiger partial charge in [-0.15, -0.1) is 11.3 Å². The Balaban J connectivity index is 3.18. The van der Waals surface area contributed by atoms with E-state index in [-0.39, 0.29) is 0 Å². The van der Waals surface area contributed by atoms with Crippen LogP contribution in [0.1, 0.15) is 23.8 Å². The molecule has 0 aliphatic carbocycles. The molecule has 0 spiro atoms. The molecule has 6 heteroatoms. The summed E-state index contributed by atoms with van der Waals surface area (Å²) in [5.41, 5.74) is 0.836. The zero-order chi connectivity index (χ0) is 13.1. The van der Waals surface area contributed by atoms with Gasteiger partial charge in [-0.25, -0.2) is 12.7 Å². The first kappa shape index (κ1) is 14.6.